The van der Waals surface area contributed by atoms with Gasteiger partial charge >= 0.3 is 7.12 Å². The molecule has 3 aromatic carbocycles. The predicted octanol–water partition coefficient (Wildman–Crippen LogP) is 5.69. The van der Waals surface area contributed by atoms with E-state index in [0.29, 0.717) is 0 Å². The SMILES string of the molecule is CC1(C)OB(c2ccc3c(c2)oc2c4ccccc4c(Cl)cc32)OC1(C)C. The molecular formula is C22H20BClO3. The van der Waals surface area contributed by atoms with Crippen molar-refractivity contribution < 1.29 is 13.7 Å². The summed E-state index contributed by atoms with van der Waals surface area (Å²) in [5.74, 6) is 0. The van der Waals surface area contributed by atoms with Crippen LogP contribution in [-0.4, -0.2) is 18.3 Å². The highest BCUT2D eigenvalue weighted by atomic mass is 35.5. The van der Waals surface area contributed by atoms with Crippen molar-refractivity contribution >= 4 is 56.9 Å². The van der Waals surface area contributed by atoms with E-state index in [1.54, 1.807) is 0 Å². The zero-order valence-electron chi connectivity index (χ0n) is 15.8. The van der Waals surface area contributed by atoms with Gasteiger partial charge in [-0.1, -0.05) is 48.0 Å². The molecule has 0 saturated carbocycles. The van der Waals surface area contributed by atoms with Crippen molar-refractivity contribution in [1.82, 2.24) is 0 Å². The van der Waals surface area contributed by atoms with Crippen LogP contribution in [0.25, 0.3) is 32.7 Å². The first kappa shape index (κ1) is 17.1. The minimum atomic E-state index is -0.409. The first-order valence-electron chi connectivity index (χ1n) is 9.16. The Labute approximate surface area is 163 Å². The van der Waals surface area contributed by atoms with Crippen molar-refractivity contribution in [3.8, 4) is 0 Å². The van der Waals surface area contributed by atoms with Gasteiger partial charge in [-0.2, -0.15) is 0 Å². The summed E-state index contributed by atoms with van der Waals surface area (Å²) < 4.78 is 18.6. The second-order valence-electron chi connectivity index (χ2n) is 8.23. The Morgan fingerprint density at radius 1 is 0.778 bits per heavy atom. The van der Waals surface area contributed by atoms with Gasteiger partial charge in [-0.15, -0.1) is 0 Å². The molecule has 3 nitrogen and oxygen atoms in total. The van der Waals surface area contributed by atoms with Crippen LogP contribution in [0.2, 0.25) is 5.02 Å². The third-order valence-corrected chi connectivity index (χ3v) is 6.29. The molecular weight excluding hydrogens is 359 g/mol. The first-order chi connectivity index (χ1) is 12.8. The van der Waals surface area contributed by atoms with Gasteiger partial charge in [0.2, 0.25) is 0 Å². The van der Waals surface area contributed by atoms with Crippen LogP contribution in [0.1, 0.15) is 27.7 Å². The third-order valence-electron chi connectivity index (χ3n) is 5.98. The molecule has 5 heteroatoms. The van der Waals surface area contributed by atoms with Gasteiger partial charge in [0, 0.05) is 26.6 Å². The quantitative estimate of drug-likeness (QED) is 0.399. The fourth-order valence-electron chi connectivity index (χ4n) is 3.70. The molecule has 0 spiro atoms. The van der Waals surface area contributed by atoms with Gasteiger partial charge in [0.05, 0.1) is 11.2 Å². The van der Waals surface area contributed by atoms with Crippen molar-refractivity contribution in [1.29, 1.82) is 0 Å². The lowest BCUT2D eigenvalue weighted by Gasteiger charge is -2.32. The number of rotatable bonds is 1. The molecule has 5 rings (SSSR count). The van der Waals surface area contributed by atoms with E-state index in [0.717, 1.165) is 43.2 Å². The summed E-state index contributed by atoms with van der Waals surface area (Å²) in [5, 5.41) is 4.81. The normalized spacial score (nSPS) is 18.8. The summed E-state index contributed by atoms with van der Waals surface area (Å²) in [6.07, 6.45) is 0. The van der Waals surface area contributed by atoms with Gasteiger partial charge in [-0.25, -0.2) is 0 Å². The van der Waals surface area contributed by atoms with Crippen LogP contribution in [0.4, 0.5) is 0 Å². The maximum Gasteiger partial charge on any atom is 0.494 e. The Morgan fingerprint density at radius 3 is 2.15 bits per heavy atom. The lowest BCUT2D eigenvalue weighted by molar-refractivity contribution is 0.00578. The highest BCUT2D eigenvalue weighted by molar-refractivity contribution is 6.62. The maximum atomic E-state index is 6.51. The molecule has 27 heavy (non-hydrogen) atoms. The van der Waals surface area contributed by atoms with E-state index in [4.69, 9.17) is 25.3 Å². The topological polar surface area (TPSA) is 31.6 Å². The average Bonchev–Trinajstić information content (AvgIpc) is 3.09. The van der Waals surface area contributed by atoms with Crippen molar-refractivity contribution in [3.63, 3.8) is 0 Å². The van der Waals surface area contributed by atoms with Crippen LogP contribution in [0, 0.1) is 0 Å². The number of hydrogen-bond acceptors (Lipinski definition) is 3. The van der Waals surface area contributed by atoms with Gasteiger partial charge in [0.25, 0.3) is 0 Å². The number of hydrogen-bond donors (Lipinski definition) is 0. The van der Waals surface area contributed by atoms with E-state index >= 15 is 0 Å². The summed E-state index contributed by atoms with van der Waals surface area (Å²) in [4.78, 5) is 0. The fourth-order valence-corrected chi connectivity index (χ4v) is 3.97. The highest BCUT2D eigenvalue weighted by Gasteiger charge is 2.51. The molecule has 1 aliphatic rings. The Kier molecular flexibility index (Phi) is 3.49. The van der Waals surface area contributed by atoms with Crippen LogP contribution in [0.3, 0.4) is 0 Å². The van der Waals surface area contributed by atoms with Crippen LogP contribution >= 0.6 is 11.6 Å². The largest absolute Gasteiger partial charge is 0.494 e. The van der Waals surface area contributed by atoms with Gasteiger partial charge < -0.3 is 13.7 Å². The lowest BCUT2D eigenvalue weighted by Crippen LogP contribution is -2.41. The van der Waals surface area contributed by atoms with Gasteiger partial charge in [-0.3, -0.25) is 0 Å². The molecule has 1 saturated heterocycles. The fraction of sp³-hybridized carbons (Fsp3) is 0.273. The van der Waals surface area contributed by atoms with Gasteiger partial charge in [0.1, 0.15) is 11.2 Å². The van der Waals surface area contributed by atoms with Crippen molar-refractivity contribution in [2.24, 2.45) is 0 Å². The summed E-state index contributed by atoms with van der Waals surface area (Å²) in [6, 6.07) is 16.1. The maximum absolute atomic E-state index is 6.51. The number of furan rings is 1. The zero-order valence-corrected chi connectivity index (χ0v) is 16.6. The molecule has 0 unspecified atom stereocenters. The van der Waals surface area contributed by atoms with Crippen LogP contribution in [0.15, 0.2) is 52.9 Å². The monoisotopic (exact) mass is 378 g/mol. The molecule has 0 bridgehead atoms. The molecule has 0 radical (unpaired) electrons. The molecule has 0 N–H and O–H groups in total. The second-order valence-corrected chi connectivity index (χ2v) is 8.63. The average molecular weight is 379 g/mol. The van der Waals surface area contributed by atoms with Crippen LogP contribution in [0.5, 0.6) is 0 Å². The van der Waals surface area contributed by atoms with E-state index < -0.39 is 7.12 Å². The number of halogens is 1. The van der Waals surface area contributed by atoms with E-state index in [9.17, 15) is 0 Å². The van der Waals surface area contributed by atoms with E-state index in [1.165, 1.54) is 0 Å². The third kappa shape index (κ3) is 2.44. The molecule has 2 heterocycles. The molecule has 1 aliphatic heterocycles. The summed E-state index contributed by atoms with van der Waals surface area (Å²) in [6.45, 7) is 8.23. The highest BCUT2D eigenvalue weighted by Crippen LogP contribution is 2.39. The lowest BCUT2D eigenvalue weighted by atomic mass is 9.79. The Balaban J connectivity index is 1.69. The molecule has 0 aliphatic carbocycles. The minimum absolute atomic E-state index is 0.371. The second kappa shape index (κ2) is 5.51. The van der Waals surface area contributed by atoms with E-state index in [-0.39, 0.29) is 11.2 Å². The Morgan fingerprint density at radius 2 is 1.44 bits per heavy atom. The van der Waals surface area contributed by atoms with Crippen LogP contribution in [-0.2, 0) is 9.31 Å². The van der Waals surface area contributed by atoms with Crippen molar-refractivity contribution in [3.05, 3.63) is 53.6 Å². The molecule has 1 fully saturated rings. The standard InChI is InChI=1S/C22H20BClO3/c1-21(2)22(3,4)27-23(26-21)13-9-10-15-17-12-18(24)14-7-5-6-8-16(14)20(17)25-19(15)11-13/h5-12H,1-4H3. The molecule has 0 atom stereocenters. The van der Waals surface area contributed by atoms with Crippen molar-refractivity contribution in [2.45, 2.75) is 38.9 Å². The molecule has 136 valence electrons. The predicted molar refractivity (Wildman–Crippen MR) is 112 cm³/mol. The summed E-state index contributed by atoms with van der Waals surface area (Å²) in [7, 11) is -0.409. The van der Waals surface area contributed by atoms with E-state index in [2.05, 4.69) is 33.8 Å². The first-order valence-corrected chi connectivity index (χ1v) is 9.54. The van der Waals surface area contributed by atoms with Gasteiger partial charge in [-0.05, 0) is 45.3 Å². The zero-order chi connectivity index (χ0) is 19.0. The number of benzene rings is 3. The van der Waals surface area contributed by atoms with Crippen LogP contribution < -0.4 is 5.46 Å². The van der Waals surface area contributed by atoms with Gasteiger partial charge in [0.15, 0.2) is 0 Å². The van der Waals surface area contributed by atoms with E-state index in [1.807, 2.05) is 42.5 Å². The molecule has 1 aromatic heterocycles. The number of fused-ring (bicyclic) bond motifs is 5. The summed E-state index contributed by atoms with van der Waals surface area (Å²) in [5.41, 5.74) is 1.88. The van der Waals surface area contributed by atoms with Crippen molar-refractivity contribution in [2.75, 3.05) is 0 Å². The molecule has 0 amide bonds. The smallest absolute Gasteiger partial charge is 0.455 e. The Hall–Kier alpha value is -2.01. The Bertz CT molecular complexity index is 1190. The summed E-state index contributed by atoms with van der Waals surface area (Å²) >= 11 is 6.51. The molecule has 4 aromatic rings. The minimum Gasteiger partial charge on any atom is -0.455 e.